The highest BCUT2D eigenvalue weighted by Gasteiger charge is 2.23. The molecule has 2 aromatic rings. The average molecular weight is 271 g/mol. The molecule has 1 aliphatic rings. The smallest absolute Gasteiger partial charge is 0.113 e. The van der Waals surface area contributed by atoms with Crippen LogP contribution in [0.1, 0.15) is 38.2 Å². The Morgan fingerprint density at radius 1 is 1.35 bits per heavy atom. The zero-order chi connectivity index (χ0) is 14.1. The first-order valence-electron chi connectivity index (χ1n) is 7.81. The molecular formula is C17H25N3. The molecule has 1 atom stereocenters. The van der Waals surface area contributed by atoms with Crippen molar-refractivity contribution < 1.29 is 0 Å². The Bertz CT molecular complexity index is 585. The minimum atomic E-state index is 0.663. The van der Waals surface area contributed by atoms with Crippen LogP contribution in [0.15, 0.2) is 24.4 Å². The molecule has 1 fully saturated rings. The molecule has 0 N–H and O–H groups in total. The molecule has 0 aromatic carbocycles. The van der Waals surface area contributed by atoms with E-state index in [1.165, 1.54) is 43.0 Å². The van der Waals surface area contributed by atoms with Gasteiger partial charge in [-0.15, -0.1) is 0 Å². The van der Waals surface area contributed by atoms with E-state index in [1.807, 2.05) is 6.20 Å². The van der Waals surface area contributed by atoms with Crippen molar-refractivity contribution in [2.75, 3.05) is 13.1 Å². The minimum Gasteiger partial charge on any atom is -0.301 e. The van der Waals surface area contributed by atoms with Crippen LogP contribution in [0.3, 0.4) is 0 Å². The number of piperidine rings is 1. The first-order valence-corrected chi connectivity index (χ1v) is 7.81. The standard InChI is InChI=1S/C17H25N3/c1-13(2)19-9-5-7-15(12-19)10-17-18-11-16-8-4-6-14(3)20(16)17/h4,6,8,11,13,15H,5,7,9-10,12H2,1-3H3. The summed E-state index contributed by atoms with van der Waals surface area (Å²) in [5.74, 6) is 1.98. The predicted octanol–water partition coefficient (Wildman–Crippen LogP) is 3.31. The van der Waals surface area contributed by atoms with Crippen molar-refractivity contribution in [3.8, 4) is 0 Å². The molecule has 20 heavy (non-hydrogen) atoms. The lowest BCUT2D eigenvalue weighted by Crippen LogP contribution is -2.40. The highest BCUT2D eigenvalue weighted by atomic mass is 15.2. The Hall–Kier alpha value is -1.35. The average Bonchev–Trinajstić information content (AvgIpc) is 2.84. The molecule has 0 amide bonds. The highest BCUT2D eigenvalue weighted by Crippen LogP contribution is 2.22. The Morgan fingerprint density at radius 3 is 3.00 bits per heavy atom. The van der Waals surface area contributed by atoms with E-state index >= 15 is 0 Å². The van der Waals surface area contributed by atoms with E-state index in [1.54, 1.807) is 0 Å². The first kappa shape index (κ1) is 13.6. The van der Waals surface area contributed by atoms with Gasteiger partial charge < -0.3 is 9.30 Å². The first-order chi connectivity index (χ1) is 9.65. The van der Waals surface area contributed by atoms with Crippen LogP contribution in [0, 0.1) is 12.8 Å². The summed E-state index contributed by atoms with van der Waals surface area (Å²) < 4.78 is 2.31. The van der Waals surface area contributed by atoms with E-state index in [2.05, 4.69) is 53.3 Å². The maximum Gasteiger partial charge on any atom is 0.113 e. The Morgan fingerprint density at radius 2 is 2.20 bits per heavy atom. The molecular weight excluding hydrogens is 246 g/mol. The molecule has 0 radical (unpaired) electrons. The van der Waals surface area contributed by atoms with Crippen molar-refractivity contribution in [3.63, 3.8) is 0 Å². The van der Waals surface area contributed by atoms with Crippen molar-refractivity contribution in [1.82, 2.24) is 14.3 Å². The molecule has 108 valence electrons. The van der Waals surface area contributed by atoms with Gasteiger partial charge in [-0.1, -0.05) is 6.07 Å². The van der Waals surface area contributed by atoms with Gasteiger partial charge in [0.15, 0.2) is 0 Å². The third-order valence-electron chi connectivity index (χ3n) is 4.57. The fraction of sp³-hybridized carbons (Fsp3) is 0.588. The molecule has 0 bridgehead atoms. The van der Waals surface area contributed by atoms with Crippen molar-refractivity contribution in [3.05, 3.63) is 35.9 Å². The van der Waals surface area contributed by atoms with Crippen LogP contribution in [-0.4, -0.2) is 33.4 Å². The summed E-state index contributed by atoms with van der Waals surface area (Å²) in [6.45, 7) is 9.25. The maximum atomic E-state index is 4.66. The van der Waals surface area contributed by atoms with Gasteiger partial charge in [-0.25, -0.2) is 4.98 Å². The number of imidazole rings is 1. The second-order valence-corrected chi connectivity index (χ2v) is 6.40. The number of fused-ring (bicyclic) bond motifs is 1. The Kier molecular flexibility index (Phi) is 3.79. The van der Waals surface area contributed by atoms with Gasteiger partial charge in [0.25, 0.3) is 0 Å². The normalized spacial score (nSPS) is 20.9. The topological polar surface area (TPSA) is 20.5 Å². The van der Waals surface area contributed by atoms with Gasteiger partial charge in [0, 0.05) is 24.7 Å². The molecule has 1 unspecified atom stereocenters. The quantitative estimate of drug-likeness (QED) is 0.854. The maximum absolute atomic E-state index is 4.66. The SMILES string of the molecule is Cc1cccc2cnc(CC3CCCN(C(C)C)C3)n12. The van der Waals surface area contributed by atoms with Crippen LogP contribution in [-0.2, 0) is 6.42 Å². The number of hydrogen-bond donors (Lipinski definition) is 0. The van der Waals surface area contributed by atoms with Gasteiger partial charge >= 0.3 is 0 Å². The van der Waals surface area contributed by atoms with Gasteiger partial charge in [-0.3, -0.25) is 0 Å². The van der Waals surface area contributed by atoms with E-state index in [-0.39, 0.29) is 0 Å². The molecule has 0 saturated carbocycles. The zero-order valence-corrected chi connectivity index (χ0v) is 12.8. The second-order valence-electron chi connectivity index (χ2n) is 6.40. The van der Waals surface area contributed by atoms with Crippen LogP contribution < -0.4 is 0 Å². The fourth-order valence-electron chi connectivity index (χ4n) is 3.43. The fourth-order valence-corrected chi connectivity index (χ4v) is 3.43. The highest BCUT2D eigenvalue weighted by molar-refractivity contribution is 5.47. The van der Waals surface area contributed by atoms with E-state index in [0.29, 0.717) is 6.04 Å². The predicted molar refractivity (Wildman–Crippen MR) is 83.1 cm³/mol. The lowest BCUT2D eigenvalue weighted by atomic mass is 9.93. The van der Waals surface area contributed by atoms with Crippen molar-refractivity contribution in [2.45, 2.75) is 46.1 Å². The van der Waals surface area contributed by atoms with Crippen LogP contribution in [0.2, 0.25) is 0 Å². The third kappa shape index (κ3) is 2.59. The van der Waals surface area contributed by atoms with E-state index in [9.17, 15) is 0 Å². The van der Waals surface area contributed by atoms with Crippen LogP contribution in [0.5, 0.6) is 0 Å². The summed E-state index contributed by atoms with van der Waals surface area (Å²) in [5.41, 5.74) is 2.50. The molecule has 1 saturated heterocycles. The molecule has 3 nitrogen and oxygen atoms in total. The van der Waals surface area contributed by atoms with E-state index < -0.39 is 0 Å². The lowest BCUT2D eigenvalue weighted by Gasteiger charge is -2.35. The third-order valence-corrected chi connectivity index (χ3v) is 4.57. The Labute approximate surface area is 121 Å². The van der Waals surface area contributed by atoms with Gasteiger partial charge in [0.05, 0.1) is 11.7 Å². The summed E-state index contributed by atoms with van der Waals surface area (Å²) in [6.07, 6.45) is 5.77. The zero-order valence-electron chi connectivity index (χ0n) is 12.8. The van der Waals surface area contributed by atoms with Gasteiger partial charge in [0.2, 0.25) is 0 Å². The van der Waals surface area contributed by atoms with Crippen LogP contribution in [0.4, 0.5) is 0 Å². The number of likely N-dealkylation sites (tertiary alicyclic amines) is 1. The largest absolute Gasteiger partial charge is 0.301 e. The van der Waals surface area contributed by atoms with Crippen LogP contribution in [0.25, 0.3) is 5.52 Å². The number of aryl methyl sites for hydroxylation is 1. The monoisotopic (exact) mass is 271 g/mol. The summed E-state index contributed by atoms with van der Waals surface area (Å²) in [7, 11) is 0. The molecule has 0 aliphatic carbocycles. The summed E-state index contributed by atoms with van der Waals surface area (Å²) in [4.78, 5) is 7.27. The molecule has 3 heteroatoms. The van der Waals surface area contributed by atoms with Gasteiger partial charge in [-0.2, -0.15) is 0 Å². The molecule has 0 spiro atoms. The van der Waals surface area contributed by atoms with Crippen molar-refractivity contribution in [1.29, 1.82) is 0 Å². The molecule has 3 heterocycles. The number of nitrogens with zero attached hydrogens (tertiary/aromatic N) is 3. The van der Waals surface area contributed by atoms with Gasteiger partial charge in [-0.05, 0) is 58.2 Å². The minimum absolute atomic E-state index is 0.663. The van der Waals surface area contributed by atoms with E-state index in [4.69, 9.17) is 0 Å². The number of pyridine rings is 1. The molecule has 3 rings (SSSR count). The molecule has 1 aliphatic heterocycles. The van der Waals surface area contributed by atoms with Gasteiger partial charge in [0.1, 0.15) is 5.82 Å². The Balaban J connectivity index is 1.79. The van der Waals surface area contributed by atoms with Crippen LogP contribution >= 0.6 is 0 Å². The summed E-state index contributed by atoms with van der Waals surface area (Å²) >= 11 is 0. The number of hydrogen-bond acceptors (Lipinski definition) is 2. The van der Waals surface area contributed by atoms with Crippen molar-refractivity contribution in [2.24, 2.45) is 5.92 Å². The summed E-state index contributed by atoms with van der Waals surface area (Å²) in [5, 5.41) is 0. The number of aromatic nitrogens is 2. The van der Waals surface area contributed by atoms with E-state index in [0.717, 1.165) is 12.3 Å². The molecule has 2 aromatic heterocycles. The summed E-state index contributed by atoms with van der Waals surface area (Å²) in [6, 6.07) is 7.08. The van der Waals surface area contributed by atoms with Crippen molar-refractivity contribution >= 4 is 5.52 Å². The lowest BCUT2D eigenvalue weighted by molar-refractivity contribution is 0.138. The number of rotatable bonds is 3. The second kappa shape index (κ2) is 5.57.